The molecule has 0 radical (unpaired) electrons. The minimum absolute atomic E-state index is 0.0201. The first kappa shape index (κ1) is 18.6. The number of nitrogens with zero attached hydrogens (tertiary/aromatic N) is 1. The molecule has 0 spiro atoms. The monoisotopic (exact) mass is 381 g/mol. The predicted octanol–water partition coefficient (Wildman–Crippen LogP) is 3.35. The summed E-state index contributed by atoms with van der Waals surface area (Å²) in [6.07, 6.45) is 3.25. The number of aryl methyl sites for hydroxylation is 1. The van der Waals surface area contributed by atoms with Crippen molar-refractivity contribution in [2.45, 2.75) is 38.3 Å². The van der Waals surface area contributed by atoms with E-state index >= 15 is 0 Å². The van der Waals surface area contributed by atoms with E-state index in [4.69, 9.17) is 0 Å². The summed E-state index contributed by atoms with van der Waals surface area (Å²) < 4.78 is 13.9. The van der Waals surface area contributed by atoms with Gasteiger partial charge in [0.2, 0.25) is 0 Å². The molecule has 2 heterocycles. The van der Waals surface area contributed by atoms with E-state index in [1.165, 1.54) is 18.6 Å². The fourth-order valence-electron chi connectivity index (χ4n) is 4.03. The third kappa shape index (κ3) is 3.78. The van der Waals surface area contributed by atoms with Crippen molar-refractivity contribution in [3.05, 3.63) is 65.0 Å². The number of carbonyl (C=O) groups is 2. The van der Waals surface area contributed by atoms with Crippen molar-refractivity contribution in [3.8, 4) is 0 Å². The second-order valence-corrected chi connectivity index (χ2v) is 7.64. The number of anilines is 1. The van der Waals surface area contributed by atoms with E-state index in [1.807, 2.05) is 17.9 Å². The molecule has 0 saturated carbocycles. The first-order valence-corrected chi connectivity index (χ1v) is 9.73. The molecule has 2 fully saturated rings. The summed E-state index contributed by atoms with van der Waals surface area (Å²) in [7, 11) is 0. The Labute approximate surface area is 163 Å². The van der Waals surface area contributed by atoms with Gasteiger partial charge in [-0.15, -0.1) is 0 Å². The first-order valence-electron chi connectivity index (χ1n) is 9.73. The van der Waals surface area contributed by atoms with Crippen LogP contribution < -0.4 is 10.6 Å². The molecule has 4 rings (SSSR count). The van der Waals surface area contributed by atoms with Crippen LogP contribution in [0.5, 0.6) is 0 Å². The van der Waals surface area contributed by atoms with Crippen LogP contribution in [0.4, 0.5) is 10.1 Å². The number of fused-ring (bicyclic) bond motifs is 2. The fourth-order valence-corrected chi connectivity index (χ4v) is 4.03. The molecule has 2 saturated heterocycles. The number of halogens is 1. The van der Waals surface area contributed by atoms with Crippen LogP contribution in [0, 0.1) is 12.7 Å². The van der Waals surface area contributed by atoms with Crippen LogP contribution in [-0.4, -0.2) is 41.9 Å². The van der Waals surface area contributed by atoms with Gasteiger partial charge in [0.05, 0.1) is 5.56 Å². The van der Waals surface area contributed by atoms with Crippen LogP contribution >= 0.6 is 0 Å². The van der Waals surface area contributed by atoms with Crippen LogP contribution in [-0.2, 0) is 0 Å². The number of amides is 2. The zero-order valence-corrected chi connectivity index (χ0v) is 15.9. The van der Waals surface area contributed by atoms with Crippen molar-refractivity contribution in [1.82, 2.24) is 10.2 Å². The minimum atomic E-state index is -0.572. The highest BCUT2D eigenvalue weighted by atomic mass is 19.1. The van der Waals surface area contributed by atoms with Gasteiger partial charge >= 0.3 is 0 Å². The molecular weight excluding hydrogens is 357 g/mol. The average Bonchev–Trinajstić information content (AvgIpc) is 3.02. The van der Waals surface area contributed by atoms with Crippen molar-refractivity contribution in [3.63, 3.8) is 0 Å². The molecule has 2 aromatic rings. The van der Waals surface area contributed by atoms with E-state index < -0.39 is 11.7 Å². The molecule has 2 amide bonds. The predicted molar refractivity (Wildman–Crippen MR) is 106 cm³/mol. The molecule has 2 atom stereocenters. The number of carbonyl (C=O) groups excluding carboxylic acids is 2. The van der Waals surface area contributed by atoms with Crippen LogP contribution in [0.3, 0.4) is 0 Å². The number of hydrogen-bond donors (Lipinski definition) is 2. The number of benzene rings is 2. The van der Waals surface area contributed by atoms with E-state index in [9.17, 15) is 14.0 Å². The third-order valence-corrected chi connectivity index (χ3v) is 5.66. The molecule has 0 aromatic heterocycles. The van der Waals surface area contributed by atoms with Gasteiger partial charge in [0.15, 0.2) is 0 Å². The van der Waals surface area contributed by atoms with Gasteiger partial charge in [-0.05, 0) is 56.0 Å². The average molecular weight is 381 g/mol. The summed E-state index contributed by atoms with van der Waals surface area (Å²) in [6, 6.07) is 12.0. The van der Waals surface area contributed by atoms with Gasteiger partial charge in [0.1, 0.15) is 5.82 Å². The third-order valence-electron chi connectivity index (χ3n) is 5.66. The van der Waals surface area contributed by atoms with Crippen LogP contribution in [0.25, 0.3) is 0 Å². The Kier molecular flexibility index (Phi) is 5.13. The van der Waals surface area contributed by atoms with Crippen molar-refractivity contribution < 1.29 is 14.0 Å². The molecule has 28 heavy (non-hydrogen) atoms. The highest BCUT2D eigenvalue weighted by molar-refractivity contribution is 6.05. The van der Waals surface area contributed by atoms with Gasteiger partial charge in [0.25, 0.3) is 11.8 Å². The highest BCUT2D eigenvalue weighted by Gasteiger charge is 2.31. The fraction of sp³-hybridized carbons (Fsp3) is 0.364. The highest BCUT2D eigenvalue weighted by Crippen LogP contribution is 2.24. The molecule has 146 valence electrons. The largest absolute Gasteiger partial charge is 0.337 e. The second kappa shape index (κ2) is 7.72. The summed E-state index contributed by atoms with van der Waals surface area (Å²) >= 11 is 0. The maximum atomic E-state index is 13.9. The van der Waals surface area contributed by atoms with Gasteiger partial charge < -0.3 is 15.5 Å². The van der Waals surface area contributed by atoms with Crippen LogP contribution in [0.1, 0.15) is 45.5 Å². The molecule has 2 bridgehead atoms. The lowest BCUT2D eigenvalue weighted by atomic mass is 10.1. The smallest absolute Gasteiger partial charge is 0.258 e. The van der Waals surface area contributed by atoms with Gasteiger partial charge in [-0.2, -0.15) is 0 Å². The Hall–Kier alpha value is -2.73. The van der Waals surface area contributed by atoms with E-state index in [2.05, 4.69) is 10.6 Å². The van der Waals surface area contributed by atoms with Crippen molar-refractivity contribution in [1.29, 1.82) is 0 Å². The molecule has 0 aliphatic carbocycles. The Morgan fingerprint density at radius 2 is 1.89 bits per heavy atom. The standard InChI is InChI=1S/C22H24FN3O2/c1-14-6-7-15(22(28)26-11-10-16-8-9-17(13-26)24-16)12-20(14)25-21(27)18-4-2-3-5-19(18)23/h2-7,12,16-17,24H,8-11,13H2,1H3,(H,25,27). The van der Waals surface area contributed by atoms with Gasteiger partial charge in [-0.3, -0.25) is 9.59 Å². The van der Waals surface area contributed by atoms with Gasteiger partial charge in [0, 0.05) is 36.4 Å². The van der Waals surface area contributed by atoms with E-state index in [0.717, 1.165) is 24.9 Å². The van der Waals surface area contributed by atoms with E-state index in [1.54, 1.807) is 24.3 Å². The van der Waals surface area contributed by atoms with Crippen LogP contribution in [0.2, 0.25) is 0 Å². The summed E-state index contributed by atoms with van der Waals surface area (Å²) in [4.78, 5) is 27.4. The van der Waals surface area contributed by atoms with Crippen molar-refractivity contribution in [2.24, 2.45) is 0 Å². The Bertz CT molecular complexity index is 914. The zero-order chi connectivity index (χ0) is 19.7. The normalized spacial score (nSPS) is 21.3. The lowest BCUT2D eigenvalue weighted by Crippen LogP contribution is -2.39. The van der Waals surface area contributed by atoms with Crippen molar-refractivity contribution in [2.75, 3.05) is 18.4 Å². The van der Waals surface area contributed by atoms with E-state index in [0.29, 0.717) is 29.9 Å². The molecule has 6 heteroatoms. The Morgan fingerprint density at radius 3 is 2.71 bits per heavy atom. The van der Waals surface area contributed by atoms with E-state index in [-0.39, 0.29) is 11.5 Å². The van der Waals surface area contributed by atoms with Crippen molar-refractivity contribution >= 4 is 17.5 Å². The topological polar surface area (TPSA) is 61.4 Å². The molecule has 2 aliphatic heterocycles. The maximum Gasteiger partial charge on any atom is 0.258 e. The summed E-state index contributed by atoms with van der Waals surface area (Å²) in [5.74, 6) is -1.13. The second-order valence-electron chi connectivity index (χ2n) is 7.64. The molecule has 2 aliphatic rings. The zero-order valence-electron chi connectivity index (χ0n) is 15.9. The van der Waals surface area contributed by atoms with Gasteiger partial charge in [-0.1, -0.05) is 18.2 Å². The molecule has 5 nitrogen and oxygen atoms in total. The first-order chi connectivity index (χ1) is 13.5. The SMILES string of the molecule is Cc1ccc(C(=O)N2CCC3CCC(C2)N3)cc1NC(=O)c1ccccc1F. The summed E-state index contributed by atoms with van der Waals surface area (Å²) in [5, 5.41) is 6.32. The molecule has 2 unspecified atom stereocenters. The Balaban J connectivity index is 1.52. The Morgan fingerprint density at radius 1 is 1.11 bits per heavy atom. The summed E-state index contributed by atoms with van der Waals surface area (Å²) in [6.45, 7) is 3.29. The number of hydrogen-bond acceptors (Lipinski definition) is 3. The molecule has 2 N–H and O–H groups in total. The minimum Gasteiger partial charge on any atom is -0.337 e. The number of nitrogens with one attached hydrogen (secondary N) is 2. The lowest BCUT2D eigenvalue weighted by Gasteiger charge is -2.24. The maximum absolute atomic E-state index is 13.9. The molecule has 2 aromatic carbocycles. The molecular formula is C22H24FN3O2. The lowest BCUT2D eigenvalue weighted by molar-refractivity contribution is 0.0748. The number of rotatable bonds is 3. The van der Waals surface area contributed by atoms with Gasteiger partial charge in [-0.25, -0.2) is 4.39 Å². The number of likely N-dealkylation sites (tertiary alicyclic amines) is 1. The quantitative estimate of drug-likeness (QED) is 0.857. The van der Waals surface area contributed by atoms with Crippen LogP contribution in [0.15, 0.2) is 42.5 Å². The summed E-state index contributed by atoms with van der Waals surface area (Å²) in [5.41, 5.74) is 1.85.